The molecule has 1 heterocycles. The van der Waals surface area contributed by atoms with Crippen molar-refractivity contribution in [1.29, 1.82) is 0 Å². The van der Waals surface area contributed by atoms with Crippen LogP contribution in [0.15, 0.2) is 35.6 Å². The van der Waals surface area contributed by atoms with Crippen molar-refractivity contribution >= 4 is 0 Å². The molecule has 2 aliphatic rings. The van der Waals surface area contributed by atoms with Crippen LogP contribution in [0, 0.1) is 0 Å². The first-order valence-electron chi connectivity index (χ1n) is 3.40. The third-order valence-electron chi connectivity index (χ3n) is 1.82. The van der Waals surface area contributed by atoms with Gasteiger partial charge in [0.25, 0.3) is 0 Å². The molecule has 0 aromatic carbocycles. The van der Waals surface area contributed by atoms with Crippen LogP contribution in [0.25, 0.3) is 0 Å². The lowest BCUT2D eigenvalue weighted by atomic mass is 10.1. The largest absolute Gasteiger partial charge is 0.288 e. The van der Waals surface area contributed by atoms with Gasteiger partial charge in [0, 0.05) is 0 Å². The second-order valence-corrected chi connectivity index (χ2v) is 2.50. The third kappa shape index (κ3) is 0.693. The van der Waals surface area contributed by atoms with Gasteiger partial charge in [0.1, 0.15) is 0 Å². The van der Waals surface area contributed by atoms with Gasteiger partial charge in [0.05, 0.1) is 12.2 Å². The average molecular weight is 135 g/mol. The summed E-state index contributed by atoms with van der Waals surface area (Å²) in [5.41, 5.74) is 2.18. The molecule has 0 spiro atoms. The number of hydrogen-bond acceptors (Lipinski definition) is 2. The van der Waals surface area contributed by atoms with Crippen LogP contribution in [0.1, 0.15) is 6.42 Å². The molecule has 0 unspecified atom stereocenters. The summed E-state index contributed by atoms with van der Waals surface area (Å²) in [6.45, 7) is 0.614. The topological polar surface area (TPSA) is 23.5 Å². The number of allylic oxidation sites excluding steroid dienone is 4. The van der Waals surface area contributed by atoms with Crippen molar-refractivity contribution in [2.75, 3.05) is 6.54 Å². The van der Waals surface area contributed by atoms with E-state index in [1.54, 1.807) is 0 Å². The van der Waals surface area contributed by atoms with Crippen molar-refractivity contribution in [2.24, 2.45) is 0 Å². The van der Waals surface area contributed by atoms with Crippen LogP contribution in [0.3, 0.4) is 0 Å². The second-order valence-electron chi connectivity index (χ2n) is 2.50. The zero-order chi connectivity index (χ0) is 6.97. The van der Waals surface area contributed by atoms with Crippen LogP contribution in [-0.4, -0.2) is 16.8 Å². The number of hydrogen-bond donors (Lipinski definition) is 1. The average Bonchev–Trinajstić information content (AvgIpc) is 2.36. The van der Waals surface area contributed by atoms with Gasteiger partial charge in [0.2, 0.25) is 0 Å². The Morgan fingerprint density at radius 1 is 1.30 bits per heavy atom. The van der Waals surface area contributed by atoms with Gasteiger partial charge in [0.15, 0.2) is 0 Å². The summed E-state index contributed by atoms with van der Waals surface area (Å²) >= 11 is 0. The number of rotatable bonds is 0. The van der Waals surface area contributed by atoms with Crippen LogP contribution in [0.2, 0.25) is 0 Å². The fourth-order valence-corrected chi connectivity index (χ4v) is 1.31. The minimum atomic E-state index is 0.614. The number of nitrogens with zero attached hydrogens (tertiary/aromatic N) is 1. The van der Waals surface area contributed by atoms with Gasteiger partial charge in [-0.3, -0.25) is 10.3 Å². The van der Waals surface area contributed by atoms with E-state index in [0.29, 0.717) is 6.54 Å². The van der Waals surface area contributed by atoms with Crippen molar-refractivity contribution in [3.8, 4) is 0 Å². The molecule has 0 aromatic rings. The van der Waals surface area contributed by atoms with E-state index in [2.05, 4.69) is 12.2 Å². The molecular weight excluding hydrogens is 126 g/mol. The Kier molecular flexibility index (Phi) is 1.14. The molecule has 52 valence electrons. The lowest BCUT2D eigenvalue weighted by molar-refractivity contribution is -0.0415. The summed E-state index contributed by atoms with van der Waals surface area (Å²) in [6.07, 6.45) is 9.01. The summed E-state index contributed by atoms with van der Waals surface area (Å²) < 4.78 is 0. The lowest BCUT2D eigenvalue weighted by Gasteiger charge is -2.19. The monoisotopic (exact) mass is 135 g/mol. The van der Waals surface area contributed by atoms with Gasteiger partial charge in [-0.2, -0.15) is 0 Å². The van der Waals surface area contributed by atoms with Crippen molar-refractivity contribution in [3.63, 3.8) is 0 Å². The molecule has 0 saturated carbocycles. The Balaban J connectivity index is 2.37. The molecule has 0 aromatic heterocycles. The smallest absolute Gasteiger partial charge is 0.0669 e. The summed E-state index contributed by atoms with van der Waals surface area (Å²) in [5, 5.41) is 10.5. The molecule has 0 saturated heterocycles. The van der Waals surface area contributed by atoms with Gasteiger partial charge >= 0.3 is 0 Å². The maximum absolute atomic E-state index is 9.25. The Morgan fingerprint density at radius 3 is 3.00 bits per heavy atom. The quantitative estimate of drug-likeness (QED) is 0.543. The van der Waals surface area contributed by atoms with Crippen LogP contribution in [-0.2, 0) is 0 Å². The van der Waals surface area contributed by atoms with Gasteiger partial charge in [-0.15, -0.1) is 0 Å². The molecule has 1 N–H and O–H groups in total. The van der Waals surface area contributed by atoms with Crippen molar-refractivity contribution in [2.45, 2.75) is 6.42 Å². The van der Waals surface area contributed by atoms with E-state index in [-0.39, 0.29) is 0 Å². The zero-order valence-electron chi connectivity index (χ0n) is 5.62. The van der Waals surface area contributed by atoms with Crippen molar-refractivity contribution < 1.29 is 5.21 Å². The molecular formula is C8H9NO. The normalized spacial score (nSPS) is 22.3. The van der Waals surface area contributed by atoms with Gasteiger partial charge in [-0.1, -0.05) is 18.2 Å². The molecule has 1 aliphatic heterocycles. The standard InChI is InChI=1S/C8H9NO/c10-9-6-2-4-7-3-1-5-8(7)9/h1-2,4-5,10H,3,6H2. The maximum atomic E-state index is 9.25. The van der Waals surface area contributed by atoms with Gasteiger partial charge < -0.3 is 0 Å². The minimum Gasteiger partial charge on any atom is -0.288 e. The highest BCUT2D eigenvalue weighted by Crippen LogP contribution is 2.24. The lowest BCUT2D eigenvalue weighted by Crippen LogP contribution is -2.20. The van der Waals surface area contributed by atoms with E-state index in [1.165, 1.54) is 10.6 Å². The van der Waals surface area contributed by atoms with E-state index in [4.69, 9.17) is 0 Å². The molecule has 10 heavy (non-hydrogen) atoms. The zero-order valence-corrected chi connectivity index (χ0v) is 5.62. The maximum Gasteiger partial charge on any atom is 0.0669 e. The molecule has 0 radical (unpaired) electrons. The molecule has 0 fully saturated rings. The molecule has 2 nitrogen and oxygen atoms in total. The fraction of sp³-hybridized carbons (Fsp3) is 0.250. The summed E-state index contributed by atoms with van der Waals surface area (Å²) in [6, 6.07) is 0. The molecule has 2 heteroatoms. The highest BCUT2D eigenvalue weighted by Gasteiger charge is 2.14. The Labute approximate surface area is 59.7 Å². The van der Waals surface area contributed by atoms with E-state index in [1.807, 2.05) is 12.2 Å². The van der Waals surface area contributed by atoms with Crippen molar-refractivity contribution in [3.05, 3.63) is 35.6 Å². The second kappa shape index (κ2) is 1.99. The highest BCUT2D eigenvalue weighted by molar-refractivity contribution is 5.41. The van der Waals surface area contributed by atoms with Gasteiger partial charge in [-0.05, 0) is 18.1 Å². The van der Waals surface area contributed by atoms with Crippen LogP contribution < -0.4 is 0 Å². The van der Waals surface area contributed by atoms with E-state index >= 15 is 0 Å². The Hall–Kier alpha value is -1.02. The molecule has 0 atom stereocenters. The third-order valence-corrected chi connectivity index (χ3v) is 1.82. The first-order valence-corrected chi connectivity index (χ1v) is 3.40. The first-order chi connectivity index (χ1) is 4.88. The predicted octanol–water partition coefficient (Wildman–Crippen LogP) is 1.46. The molecule has 2 rings (SSSR count). The molecule has 0 amide bonds. The van der Waals surface area contributed by atoms with Crippen LogP contribution in [0.5, 0.6) is 0 Å². The fourth-order valence-electron chi connectivity index (χ4n) is 1.31. The van der Waals surface area contributed by atoms with Crippen LogP contribution in [0.4, 0.5) is 0 Å². The van der Waals surface area contributed by atoms with E-state index < -0.39 is 0 Å². The molecule has 1 aliphatic carbocycles. The summed E-state index contributed by atoms with van der Waals surface area (Å²) in [4.78, 5) is 0. The highest BCUT2D eigenvalue weighted by atomic mass is 16.5. The predicted molar refractivity (Wildman–Crippen MR) is 38.4 cm³/mol. The van der Waals surface area contributed by atoms with Crippen LogP contribution >= 0.6 is 0 Å². The van der Waals surface area contributed by atoms with Gasteiger partial charge in [-0.25, -0.2) is 0 Å². The Bertz CT molecular complexity index is 238. The summed E-state index contributed by atoms with van der Waals surface area (Å²) in [7, 11) is 0. The summed E-state index contributed by atoms with van der Waals surface area (Å²) in [5.74, 6) is 0. The van der Waals surface area contributed by atoms with E-state index in [9.17, 15) is 5.21 Å². The Morgan fingerprint density at radius 2 is 2.20 bits per heavy atom. The van der Waals surface area contributed by atoms with Crippen molar-refractivity contribution in [1.82, 2.24) is 5.06 Å². The first kappa shape index (κ1) is 5.74. The molecule has 0 bridgehead atoms. The SMILES string of the molecule is ON1CC=CC2=C1C=CC2. The minimum absolute atomic E-state index is 0.614. The van der Waals surface area contributed by atoms with E-state index in [0.717, 1.165) is 12.1 Å². The number of hydroxylamine groups is 2.